The summed E-state index contributed by atoms with van der Waals surface area (Å²) in [6.07, 6.45) is 24.9. The van der Waals surface area contributed by atoms with Gasteiger partial charge in [-0.3, -0.25) is 4.99 Å². The van der Waals surface area contributed by atoms with Crippen molar-refractivity contribution in [1.82, 2.24) is 4.90 Å². The van der Waals surface area contributed by atoms with Gasteiger partial charge in [0.25, 0.3) is 0 Å². The second-order valence-corrected chi connectivity index (χ2v) is 15.8. The molecule has 4 heteroatoms. The molecule has 0 saturated carbocycles. The van der Waals surface area contributed by atoms with Crippen LogP contribution in [0.4, 0.5) is 11.4 Å². The van der Waals surface area contributed by atoms with Crippen molar-refractivity contribution in [2.24, 2.45) is 21.3 Å². The van der Waals surface area contributed by atoms with E-state index >= 15 is 0 Å². The molecule has 0 N–H and O–H groups in total. The van der Waals surface area contributed by atoms with Crippen LogP contribution < -0.4 is 15.3 Å². The van der Waals surface area contributed by atoms with E-state index in [1.807, 2.05) is 42.5 Å². The van der Waals surface area contributed by atoms with Crippen LogP contribution in [0.25, 0.3) is 17.2 Å². The van der Waals surface area contributed by atoms with Gasteiger partial charge in [0, 0.05) is 52.1 Å². The second-order valence-electron chi connectivity index (χ2n) is 15.8. The van der Waals surface area contributed by atoms with Gasteiger partial charge in [-0.1, -0.05) is 142 Å². The summed E-state index contributed by atoms with van der Waals surface area (Å²) in [6.45, 7) is 20.2. The summed E-state index contributed by atoms with van der Waals surface area (Å²) < 4.78 is 0. The lowest BCUT2D eigenvalue weighted by Crippen LogP contribution is -2.42. The summed E-state index contributed by atoms with van der Waals surface area (Å²) in [7, 11) is 0. The summed E-state index contributed by atoms with van der Waals surface area (Å²) in [5, 5.41) is 2.40. The van der Waals surface area contributed by atoms with Crippen LogP contribution in [0.5, 0.6) is 0 Å². The lowest BCUT2D eigenvalue weighted by molar-refractivity contribution is 0.225. The molecule has 0 amide bonds. The van der Waals surface area contributed by atoms with Gasteiger partial charge in [0.15, 0.2) is 5.84 Å². The van der Waals surface area contributed by atoms with E-state index in [4.69, 9.17) is 4.99 Å². The quantitative estimate of drug-likeness (QED) is 0.0967. The van der Waals surface area contributed by atoms with Crippen molar-refractivity contribution in [1.29, 1.82) is 0 Å². The molecule has 0 fully saturated rings. The Labute approximate surface area is 344 Å². The fourth-order valence-corrected chi connectivity index (χ4v) is 9.26. The molecule has 0 bridgehead atoms. The molecule has 8 rings (SSSR count). The number of fused-ring (bicyclic) bond motifs is 2. The Morgan fingerprint density at radius 1 is 0.914 bits per heavy atom. The smallest absolute Gasteiger partial charge is 0.154 e. The van der Waals surface area contributed by atoms with Crippen LogP contribution in [-0.2, 0) is 6.54 Å². The number of amidine groups is 1. The summed E-state index contributed by atoms with van der Waals surface area (Å²) >= 11 is 0. The Morgan fingerprint density at radius 2 is 1.74 bits per heavy atom. The lowest BCUT2D eigenvalue weighted by atomic mass is 9.62. The molecule has 2 heterocycles. The van der Waals surface area contributed by atoms with Gasteiger partial charge in [-0.05, 0) is 119 Å². The van der Waals surface area contributed by atoms with E-state index in [1.165, 1.54) is 55.4 Å². The van der Waals surface area contributed by atoms with Gasteiger partial charge in [-0.2, -0.15) is 0 Å². The van der Waals surface area contributed by atoms with Crippen LogP contribution in [0, 0.1) is 11.3 Å². The zero-order valence-corrected chi connectivity index (χ0v) is 34.0. The first kappa shape index (κ1) is 38.4. The average Bonchev–Trinajstić information content (AvgIpc) is 3.64. The molecule has 0 spiro atoms. The topological polar surface area (TPSA) is 31.2 Å². The Hall–Kier alpha value is -6.52. The number of benzene rings is 4. The van der Waals surface area contributed by atoms with Gasteiger partial charge in [0.2, 0.25) is 0 Å². The van der Waals surface area contributed by atoms with E-state index in [-0.39, 0.29) is 5.41 Å². The third kappa shape index (κ3) is 7.16. The van der Waals surface area contributed by atoms with Gasteiger partial charge in [0.05, 0.1) is 6.54 Å². The number of nitrogens with zero attached hydrogens (tertiary/aromatic N) is 4. The van der Waals surface area contributed by atoms with Crippen LogP contribution in [0.1, 0.15) is 62.3 Å². The zero-order valence-electron chi connectivity index (χ0n) is 34.0. The highest BCUT2D eigenvalue weighted by Crippen LogP contribution is 2.56. The van der Waals surface area contributed by atoms with Crippen molar-refractivity contribution in [2.45, 2.75) is 46.6 Å². The highest BCUT2D eigenvalue weighted by Gasteiger charge is 2.46. The standard InChI is InChI=1S/C54H52N4/c1-7-18-39-22-13-14-26-45(39)47-37-57(44-25-17-21-38(33-44)36-56-53(55-6)40-23-11-10-12-24-40)52-35-42(29-31-46(47)52)41-30-32-51-49(34-41)54(4,5)48-27-15-16-28-50(48)58(51)43(19-8-2)20-9-3/h7-14,16-26,28-33,35,49H,1-2,6,15,27,34,36-37H2,3-5H3/b20-9-,39-18-,43-19+,47-45+,56-53?. The van der Waals surface area contributed by atoms with E-state index in [1.54, 1.807) is 0 Å². The highest BCUT2D eigenvalue weighted by molar-refractivity contribution is 6.01. The Balaban J connectivity index is 1.23. The minimum atomic E-state index is -0.00333. The number of aliphatic imine (C=N–C) groups is 2. The molecule has 1 atom stereocenters. The van der Waals surface area contributed by atoms with Crippen molar-refractivity contribution in [2.75, 3.05) is 11.4 Å². The summed E-state index contributed by atoms with van der Waals surface area (Å²) in [4.78, 5) is 14.1. The molecule has 2 aliphatic heterocycles. The fraction of sp³-hybridized carbons (Fsp3) is 0.185. The van der Waals surface area contributed by atoms with Crippen LogP contribution >= 0.6 is 0 Å². The summed E-state index contributed by atoms with van der Waals surface area (Å²) in [5.74, 6) is 0.962. The summed E-state index contributed by atoms with van der Waals surface area (Å²) in [6, 6.07) is 34.6. The molecule has 58 heavy (non-hydrogen) atoms. The molecule has 4 nitrogen and oxygen atoms in total. The maximum Gasteiger partial charge on any atom is 0.154 e. The highest BCUT2D eigenvalue weighted by atomic mass is 15.2. The van der Waals surface area contributed by atoms with Crippen LogP contribution in [0.3, 0.4) is 0 Å². The van der Waals surface area contributed by atoms with E-state index in [0.29, 0.717) is 18.3 Å². The van der Waals surface area contributed by atoms with E-state index in [2.05, 4.69) is 171 Å². The first-order chi connectivity index (χ1) is 28.4. The first-order valence-corrected chi connectivity index (χ1v) is 20.4. The molecule has 288 valence electrons. The molecular formula is C54H52N4. The van der Waals surface area contributed by atoms with Gasteiger partial charge in [0.1, 0.15) is 0 Å². The van der Waals surface area contributed by atoms with Crippen molar-refractivity contribution in [3.8, 4) is 0 Å². The van der Waals surface area contributed by atoms with Gasteiger partial charge in [-0.15, -0.1) is 0 Å². The number of rotatable bonds is 9. The molecule has 4 aromatic carbocycles. The third-order valence-electron chi connectivity index (χ3n) is 12.1. The molecule has 0 aromatic heterocycles. The minimum absolute atomic E-state index is 0.00333. The second kappa shape index (κ2) is 16.5. The normalized spacial score (nSPS) is 20.1. The predicted octanol–water partition coefficient (Wildman–Crippen LogP) is 11.5. The minimum Gasteiger partial charge on any atom is -0.336 e. The zero-order chi connectivity index (χ0) is 40.2. The molecular weight excluding hydrogens is 705 g/mol. The Kier molecular flexibility index (Phi) is 10.9. The molecule has 2 aliphatic carbocycles. The van der Waals surface area contributed by atoms with Gasteiger partial charge < -0.3 is 9.80 Å². The Morgan fingerprint density at radius 3 is 2.53 bits per heavy atom. The lowest BCUT2D eigenvalue weighted by Gasteiger charge is -2.51. The van der Waals surface area contributed by atoms with Gasteiger partial charge in [-0.25, -0.2) is 4.99 Å². The maximum absolute atomic E-state index is 4.89. The van der Waals surface area contributed by atoms with E-state index in [0.717, 1.165) is 48.3 Å². The maximum atomic E-state index is 4.89. The fourth-order valence-electron chi connectivity index (χ4n) is 9.26. The van der Waals surface area contributed by atoms with Crippen molar-refractivity contribution >= 4 is 41.2 Å². The first-order valence-electron chi connectivity index (χ1n) is 20.4. The predicted molar refractivity (Wildman–Crippen MR) is 247 cm³/mol. The SMILES string of the molecule is C=C/C=c1/cccc/c1=C1/CN(c2cccc(CN=C(N=C)c3ccccc3)c2)c2cc(C3=CC=C4C(C3)C(C)(C)C3=C(C=CCC3)N4C(/C=C\C)=C/C=C)ccc21. The monoisotopic (exact) mass is 756 g/mol. The molecule has 0 radical (unpaired) electrons. The van der Waals surface area contributed by atoms with Crippen molar-refractivity contribution < 1.29 is 0 Å². The van der Waals surface area contributed by atoms with Crippen LogP contribution in [0.15, 0.2) is 198 Å². The molecule has 1 unspecified atom stereocenters. The number of anilines is 2. The molecule has 4 aliphatic rings. The molecule has 4 aromatic rings. The number of hydrogen-bond donors (Lipinski definition) is 0. The summed E-state index contributed by atoms with van der Waals surface area (Å²) in [5.41, 5.74) is 15.0. The van der Waals surface area contributed by atoms with E-state index < -0.39 is 0 Å². The van der Waals surface area contributed by atoms with Crippen molar-refractivity contribution in [3.63, 3.8) is 0 Å². The Bertz CT molecular complexity index is 2640. The largest absolute Gasteiger partial charge is 0.336 e. The van der Waals surface area contributed by atoms with Crippen LogP contribution in [0.2, 0.25) is 0 Å². The third-order valence-corrected chi connectivity index (χ3v) is 12.1. The average molecular weight is 757 g/mol. The number of hydrogen-bond acceptors (Lipinski definition) is 3. The van der Waals surface area contributed by atoms with Crippen LogP contribution in [-0.4, -0.2) is 24.0 Å². The number of allylic oxidation sites excluding steroid dienone is 12. The van der Waals surface area contributed by atoms with Gasteiger partial charge >= 0.3 is 0 Å². The molecule has 0 saturated heterocycles. The van der Waals surface area contributed by atoms with Crippen molar-refractivity contribution in [3.05, 3.63) is 220 Å². The van der Waals surface area contributed by atoms with E-state index in [9.17, 15) is 0 Å².